The summed E-state index contributed by atoms with van der Waals surface area (Å²) in [7, 11) is 0. The van der Waals surface area contributed by atoms with Gasteiger partial charge in [-0.2, -0.15) is 0 Å². The second-order valence-electron chi connectivity index (χ2n) is 6.22. The highest BCUT2D eigenvalue weighted by molar-refractivity contribution is 6.03. The normalized spacial score (nSPS) is 10.7. The lowest BCUT2D eigenvalue weighted by molar-refractivity contribution is 0.102. The number of para-hydroxylation sites is 1. The van der Waals surface area contributed by atoms with Crippen molar-refractivity contribution in [3.05, 3.63) is 47.4 Å². The first-order valence-electron chi connectivity index (χ1n) is 8.49. The van der Waals surface area contributed by atoms with Gasteiger partial charge in [-0.25, -0.2) is 9.97 Å². The zero-order valence-corrected chi connectivity index (χ0v) is 14.9. The Kier molecular flexibility index (Phi) is 6.29. The van der Waals surface area contributed by atoms with E-state index in [9.17, 15) is 4.79 Å². The van der Waals surface area contributed by atoms with Crippen LogP contribution in [0.2, 0.25) is 0 Å². The van der Waals surface area contributed by atoms with Crippen LogP contribution < -0.4 is 10.6 Å². The number of benzene rings is 1. The molecule has 0 atom stereocenters. The number of anilines is 2. The molecule has 0 saturated heterocycles. The number of carbonyl (C=O) groups excluding carboxylic acids is 1. The van der Waals surface area contributed by atoms with E-state index in [1.807, 2.05) is 25.1 Å². The molecule has 1 heterocycles. The van der Waals surface area contributed by atoms with Crippen molar-refractivity contribution in [2.24, 2.45) is 0 Å². The molecule has 1 amide bonds. The minimum absolute atomic E-state index is 0.237. The standard InChI is InChI=1S/C19H26N4O/c1-5-6-10-20-17-12-21-16(11-22-17)19(24)23-18-14(4)8-7-9-15(18)13(2)3/h7-9,11-13H,5-6,10H2,1-4H3,(H,20,22)(H,23,24). The van der Waals surface area contributed by atoms with E-state index in [2.05, 4.69) is 41.4 Å². The number of nitrogens with zero attached hydrogens (tertiary/aromatic N) is 2. The third kappa shape index (κ3) is 4.54. The van der Waals surface area contributed by atoms with Crippen LogP contribution in [0.1, 0.15) is 61.1 Å². The van der Waals surface area contributed by atoms with Crippen molar-refractivity contribution in [2.45, 2.75) is 46.5 Å². The van der Waals surface area contributed by atoms with E-state index in [0.717, 1.165) is 36.2 Å². The Morgan fingerprint density at radius 2 is 2.00 bits per heavy atom. The molecule has 1 aromatic carbocycles. The van der Waals surface area contributed by atoms with Gasteiger partial charge >= 0.3 is 0 Å². The summed E-state index contributed by atoms with van der Waals surface area (Å²) in [5, 5.41) is 6.18. The molecule has 0 unspecified atom stereocenters. The third-order valence-corrected chi connectivity index (χ3v) is 3.89. The first kappa shape index (κ1) is 17.9. The summed E-state index contributed by atoms with van der Waals surface area (Å²) >= 11 is 0. The van der Waals surface area contributed by atoms with Crippen LogP contribution in [0.5, 0.6) is 0 Å². The van der Waals surface area contributed by atoms with E-state index in [1.54, 1.807) is 6.20 Å². The minimum Gasteiger partial charge on any atom is -0.369 e. The predicted octanol–water partition coefficient (Wildman–Crippen LogP) is 4.37. The number of carbonyl (C=O) groups is 1. The average Bonchev–Trinajstić information content (AvgIpc) is 2.57. The lowest BCUT2D eigenvalue weighted by atomic mass is 9.98. The summed E-state index contributed by atoms with van der Waals surface area (Å²) in [5.41, 5.74) is 3.34. The summed E-state index contributed by atoms with van der Waals surface area (Å²) in [6.07, 6.45) is 5.31. The Balaban J connectivity index is 2.10. The highest BCUT2D eigenvalue weighted by atomic mass is 16.1. The highest BCUT2D eigenvalue weighted by Gasteiger charge is 2.14. The molecule has 1 aromatic heterocycles. The van der Waals surface area contributed by atoms with E-state index in [0.29, 0.717) is 17.4 Å². The van der Waals surface area contributed by atoms with E-state index >= 15 is 0 Å². The zero-order chi connectivity index (χ0) is 17.5. The molecular weight excluding hydrogens is 300 g/mol. The van der Waals surface area contributed by atoms with Crippen LogP contribution in [0.3, 0.4) is 0 Å². The number of aryl methyl sites for hydroxylation is 1. The van der Waals surface area contributed by atoms with E-state index in [4.69, 9.17) is 0 Å². The van der Waals surface area contributed by atoms with Crippen LogP contribution in [0.15, 0.2) is 30.6 Å². The second kappa shape index (κ2) is 8.43. The number of rotatable bonds is 7. The number of nitrogens with one attached hydrogen (secondary N) is 2. The fourth-order valence-corrected chi connectivity index (χ4v) is 2.45. The summed E-state index contributed by atoms with van der Waals surface area (Å²) in [4.78, 5) is 21.0. The summed E-state index contributed by atoms with van der Waals surface area (Å²) in [6.45, 7) is 9.21. The number of hydrogen-bond acceptors (Lipinski definition) is 4. The van der Waals surface area contributed by atoms with Gasteiger partial charge in [0.15, 0.2) is 0 Å². The van der Waals surface area contributed by atoms with Crippen molar-refractivity contribution < 1.29 is 4.79 Å². The van der Waals surface area contributed by atoms with Gasteiger partial charge in [-0.1, -0.05) is 45.4 Å². The molecule has 128 valence electrons. The van der Waals surface area contributed by atoms with Crippen molar-refractivity contribution >= 4 is 17.4 Å². The molecule has 24 heavy (non-hydrogen) atoms. The Morgan fingerprint density at radius 1 is 1.21 bits per heavy atom. The molecule has 0 fully saturated rings. The fraction of sp³-hybridized carbons (Fsp3) is 0.421. The molecule has 0 saturated carbocycles. The molecule has 2 aromatic rings. The SMILES string of the molecule is CCCCNc1cnc(C(=O)Nc2c(C)cccc2C(C)C)cn1. The molecule has 2 rings (SSSR count). The van der Waals surface area contributed by atoms with Crippen LogP contribution in [0, 0.1) is 6.92 Å². The number of aromatic nitrogens is 2. The lowest BCUT2D eigenvalue weighted by Gasteiger charge is -2.16. The predicted molar refractivity (Wildman–Crippen MR) is 98.7 cm³/mol. The largest absolute Gasteiger partial charge is 0.369 e. The Labute approximate surface area is 143 Å². The Hall–Kier alpha value is -2.43. The van der Waals surface area contributed by atoms with Crippen molar-refractivity contribution in [3.8, 4) is 0 Å². The maximum atomic E-state index is 12.5. The van der Waals surface area contributed by atoms with Crippen LogP contribution in [0.25, 0.3) is 0 Å². The van der Waals surface area contributed by atoms with Gasteiger partial charge in [0.1, 0.15) is 11.5 Å². The Morgan fingerprint density at radius 3 is 2.62 bits per heavy atom. The van der Waals surface area contributed by atoms with Crippen LogP contribution >= 0.6 is 0 Å². The van der Waals surface area contributed by atoms with Gasteiger partial charge in [-0.05, 0) is 30.4 Å². The smallest absolute Gasteiger partial charge is 0.275 e. The minimum atomic E-state index is -0.237. The molecular formula is C19H26N4O. The average molecular weight is 326 g/mol. The monoisotopic (exact) mass is 326 g/mol. The first-order chi connectivity index (χ1) is 11.5. The van der Waals surface area contributed by atoms with Gasteiger partial charge in [0.05, 0.1) is 12.4 Å². The molecule has 0 spiro atoms. The van der Waals surface area contributed by atoms with Crippen molar-refractivity contribution in [3.63, 3.8) is 0 Å². The van der Waals surface area contributed by atoms with Crippen molar-refractivity contribution in [1.29, 1.82) is 0 Å². The molecule has 5 heteroatoms. The molecule has 5 nitrogen and oxygen atoms in total. The van der Waals surface area contributed by atoms with Gasteiger partial charge in [-0.15, -0.1) is 0 Å². The summed E-state index contributed by atoms with van der Waals surface area (Å²) in [5.74, 6) is 0.786. The van der Waals surface area contributed by atoms with E-state index in [1.165, 1.54) is 6.20 Å². The third-order valence-electron chi connectivity index (χ3n) is 3.89. The number of unbranched alkanes of at least 4 members (excludes halogenated alkanes) is 1. The zero-order valence-electron chi connectivity index (χ0n) is 14.9. The molecule has 0 aliphatic heterocycles. The summed E-state index contributed by atoms with van der Waals surface area (Å²) < 4.78 is 0. The molecule has 2 N–H and O–H groups in total. The Bertz CT molecular complexity index is 680. The van der Waals surface area contributed by atoms with Gasteiger partial charge in [0, 0.05) is 12.2 Å². The van der Waals surface area contributed by atoms with Gasteiger partial charge in [0.2, 0.25) is 0 Å². The van der Waals surface area contributed by atoms with Gasteiger partial charge in [-0.3, -0.25) is 4.79 Å². The quantitative estimate of drug-likeness (QED) is 0.741. The maximum Gasteiger partial charge on any atom is 0.275 e. The maximum absolute atomic E-state index is 12.5. The van der Waals surface area contributed by atoms with E-state index < -0.39 is 0 Å². The topological polar surface area (TPSA) is 66.9 Å². The lowest BCUT2D eigenvalue weighted by Crippen LogP contribution is -2.17. The van der Waals surface area contributed by atoms with Crippen molar-refractivity contribution in [1.82, 2.24) is 9.97 Å². The number of hydrogen-bond donors (Lipinski definition) is 2. The van der Waals surface area contributed by atoms with Crippen LogP contribution in [-0.2, 0) is 0 Å². The fourth-order valence-electron chi connectivity index (χ4n) is 2.45. The molecule has 0 aliphatic rings. The van der Waals surface area contributed by atoms with Crippen LogP contribution in [-0.4, -0.2) is 22.4 Å². The van der Waals surface area contributed by atoms with Gasteiger partial charge in [0.25, 0.3) is 5.91 Å². The van der Waals surface area contributed by atoms with Crippen molar-refractivity contribution in [2.75, 3.05) is 17.2 Å². The molecule has 0 radical (unpaired) electrons. The molecule has 0 aliphatic carbocycles. The van der Waals surface area contributed by atoms with E-state index in [-0.39, 0.29) is 5.91 Å². The van der Waals surface area contributed by atoms with Crippen LogP contribution in [0.4, 0.5) is 11.5 Å². The molecule has 0 bridgehead atoms. The number of amides is 1. The first-order valence-corrected chi connectivity index (χ1v) is 8.49. The highest BCUT2D eigenvalue weighted by Crippen LogP contribution is 2.27. The second-order valence-corrected chi connectivity index (χ2v) is 6.22. The van der Waals surface area contributed by atoms with Gasteiger partial charge < -0.3 is 10.6 Å². The summed E-state index contributed by atoms with van der Waals surface area (Å²) in [6, 6.07) is 6.05.